The number of aliphatic hydroxyl groups excluding tert-OH is 3. The lowest BCUT2D eigenvalue weighted by molar-refractivity contribution is -0.225. The van der Waals surface area contributed by atoms with E-state index >= 15 is 0 Å². The summed E-state index contributed by atoms with van der Waals surface area (Å²) >= 11 is 0. The summed E-state index contributed by atoms with van der Waals surface area (Å²) in [4.78, 5) is 37.8. The average Bonchev–Trinajstić information content (AvgIpc) is 1.72. The number of carbonyl (C=O) groups excluding carboxylic acids is 3. The second-order valence-corrected chi connectivity index (χ2v) is 30.4. The van der Waals surface area contributed by atoms with Gasteiger partial charge in [-0.05, 0) is 201 Å². The van der Waals surface area contributed by atoms with Gasteiger partial charge in [-0.25, -0.2) is 0 Å². The molecule has 3 aromatic rings. The third-order valence-corrected chi connectivity index (χ3v) is 26.4. The number of fused-ring (bicyclic) bond motifs is 10. The molecular formula is C77H112O10. The first-order valence-electron chi connectivity index (χ1n) is 35.2. The van der Waals surface area contributed by atoms with E-state index in [4.69, 9.17) is 18.9 Å². The zero-order valence-electron chi connectivity index (χ0n) is 55.0. The summed E-state index contributed by atoms with van der Waals surface area (Å²) in [5.41, 5.74) is 2.54. The number of hydrogen-bond donors (Lipinski definition) is 3. The van der Waals surface area contributed by atoms with Crippen LogP contribution in [0.25, 0.3) is 0 Å². The largest absolute Gasteiger partial charge is 0.462 e. The van der Waals surface area contributed by atoms with Gasteiger partial charge >= 0.3 is 17.9 Å². The van der Waals surface area contributed by atoms with Crippen molar-refractivity contribution < 1.29 is 48.7 Å². The van der Waals surface area contributed by atoms with E-state index in [0.717, 1.165) is 119 Å². The van der Waals surface area contributed by atoms with Crippen molar-refractivity contribution in [3.8, 4) is 0 Å². The fourth-order valence-corrected chi connectivity index (χ4v) is 21.7. The summed E-state index contributed by atoms with van der Waals surface area (Å²) in [7, 11) is 0. The van der Waals surface area contributed by atoms with Crippen molar-refractivity contribution in [2.24, 2.45) is 92.7 Å². The van der Waals surface area contributed by atoms with E-state index in [0.29, 0.717) is 85.0 Å². The van der Waals surface area contributed by atoms with Gasteiger partial charge in [0.25, 0.3) is 0 Å². The molecule has 10 nitrogen and oxygen atoms in total. The van der Waals surface area contributed by atoms with Crippen LogP contribution in [0.1, 0.15) is 227 Å². The Morgan fingerprint density at radius 1 is 0.529 bits per heavy atom. The number of rotatable bonds is 19. The maximum absolute atomic E-state index is 12.9. The van der Waals surface area contributed by atoms with Crippen molar-refractivity contribution in [2.45, 2.75) is 253 Å². The van der Waals surface area contributed by atoms with Crippen LogP contribution in [0.5, 0.6) is 0 Å². The molecule has 8 fully saturated rings. The zero-order chi connectivity index (χ0) is 62.1. The maximum Gasteiger partial charge on any atom is 0.305 e. The summed E-state index contributed by atoms with van der Waals surface area (Å²) < 4.78 is 25.7. The van der Waals surface area contributed by atoms with Gasteiger partial charge in [-0.2, -0.15) is 0 Å². The molecule has 0 aliphatic heterocycles. The van der Waals surface area contributed by atoms with E-state index in [1.807, 2.05) is 20.8 Å². The van der Waals surface area contributed by atoms with Gasteiger partial charge in [0.1, 0.15) is 23.9 Å². The van der Waals surface area contributed by atoms with Gasteiger partial charge in [0.2, 0.25) is 0 Å². The van der Waals surface area contributed by atoms with Crippen molar-refractivity contribution in [3.05, 3.63) is 108 Å². The highest BCUT2D eigenvalue weighted by atomic mass is 16.6. The molecule has 0 bridgehead atoms. The number of aliphatic hydroxyl groups is 3. The molecule has 0 amide bonds. The second kappa shape index (κ2) is 27.4. The van der Waals surface area contributed by atoms with E-state index in [1.54, 1.807) is 0 Å². The minimum atomic E-state index is -0.702. The van der Waals surface area contributed by atoms with Crippen LogP contribution >= 0.6 is 0 Å². The topological polar surface area (TPSA) is 149 Å². The molecule has 87 heavy (non-hydrogen) atoms. The summed E-state index contributed by atoms with van der Waals surface area (Å²) in [5.74, 6) is 4.13. The third-order valence-electron chi connectivity index (χ3n) is 26.4. The van der Waals surface area contributed by atoms with Gasteiger partial charge in [-0.3, -0.25) is 14.4 Å². The monoisotopic (exact) mass is 1200 g/mol. The third kappa shape index (κ3) is 12.3. The molecule has 0 unspecified atom stereocenters. The van der Waals surface area contributed by atoms with Crippen LogP contribution < -0.4 is 0 Å². The van der Waals surface area contributed by atoms with Crippen LogP contribution in [0.15, 0.2) is 91.0 Å². The minimum absolute atomic E-state index is 0.0407. The van der Waals surface area contributed by atoms with E-state index < -0.39 is 5.60 Å². The quantitative estimate of drug-likeness (QED) is 0.0458. The van der Waals surface area contributed by atoms with Gasteiger partial charge < -0.3 is 34.3 Å². The Labute approximate surface area is 523 Å². The molecule has 0 saturated heterocycles. The van der Waals surface area contributed by atoms with Crippen molar-refractivity contribution in [2.75, 3.05) is 6.61 Å². The minimum Gasteiger partial charge on any atom is -0.462 e. The number of hydrogen-bond acceptors (Lipinski definition) is 10. The molecule has 3 aromatic carbocycles. The highest BCUT2D eigenvalue weighted by molar-refractivity contribution is 5.70. The fraction of sp³-hybridized carbons (Fsp3) is 0.727. The second-order valence-electron chi connectivity index (χ2n) is 30.4. The Hall–Kier alpha value is -4.09. The van der Waals surface area contributed by atoms with Gasteiger partial charge in [0.05, 0.1) is 18.3 Å². The molecule has 8 aliphatic carbocycles. The number of unbranched alkanes of at least 4 members (excludes halogenated alkanes) is 1. The van der Waals surface area contributed by atoms with Crippen molar-refractivity contribution in [3.63, 3.8) is 0 Å². The molecule has 22 atom stereocenters. The predicted octanol–water partition coefficient (Wildman–Crippen LogP) is 16.0. The van der Waals surface area contributed by atoms with Crippen LogP contribution in [0, 0.1) is 92.7 Å². The van der Waals surface area contributed by atoms with Gasteiger partial charge in [-0.15, -0.1) is 0 Å². The van der Waals surface area contributed by atoms with Crippen molar-refractivity contribution >= 4 is 17.9 Å². The van der Waals surface area contributed by atoms with Crippen LogP contribution in [0.2, 0.25) is 0 Å². The summed E-state index contributed by atoms with van der Waals surface area (Å²) in [6.07, 6.45) is 18.6. The van der Waals surface area contributed by atoms with Crippen molar-refractivity contribution in [1.82, 2.24) is 0 Å². The highest BCUT2D eigenvalue weighted by Gasteiger charge is 2.69. The summed E-state index contributed by atoms with van der Waals surface area (Å²) in [6.45, 7) is 22.9. The number of esters is 3. The molecular weight excluding hydrogens is 1080 g/mol. The first-order valence-corrected chi connectivity index (χ1v) is 35.2. The molecule has 0 heterocycles. The highest BCUT2D eigenvalue weighted by Crippen LogP contribution is 2.71. The normalized spacial score (nSPS) is 39.1. The molecule has 0 radical (unpaired) electrons. The first kappa shape index (κ1) is 65.8. The lowest BCUT2D eigenvalue weighted by Gasteiger charge is -2.64. The number of ether oxygens (including phenoxy) is 4. The van der Waals surface area contributed by atoms with Crippen LogP contribution in [-0.2, 0) is 38.9 Å². The zero-order valence-corrected chi connectivity index (χ0v) is 55.0. The summed E-state index contributed by atoms with van der Waals surface area (Å²) in [6, 6.07) is 31.8. The SMILES string of the molecule is CCCC[C@@H](C)[C@H]1CC[C@H]2[C@@H]3[C@H](OC(=O)CC)C[C@@H]4C[C@H](OC(=O)CC)CC[C@]4(C)[C@H]3C[C@H](OC(=O)CC)[C@]12C.C[C@H](CCCOC(c1ccccc1)(c1ccccc1)c1ccccc1)[C@H]1CC[C@H]2[C@@H]3[C@H](O)C[C@@H]4C[C@H](O)CC[C@]4(C)[C@H]3C[C@H](O)[C@]12C. The molecule has 3 N–H and O–H groups in total. The Kier molecular flexibility index (Phi) is 20.7. The standard InChI is InChI=1S/C43H56O4.C34H56O6/c1-29(14-13-25-47-43(30-15-7-4-8-16-30,31-17-9-5-10-18-31)32-19-11-6-12-20-32)35-21-22-36-40-37(28-39(46)42(35,36)3)41(2)24-23-34(44)26-33(41)27-38(40)45;1-8-12-13-21(5)24-14-15-25-32-26(20-28(34(24,25)7)40-31(37)11-4)33(6)17-16-23(38-29(35)9-2)18-22(33)19-27(32)39-30(36)10-3/h4-12,15-20,29,33-40,44-46H,13-14,21-28H2,1-3H3;21-28,32H,8-20H2,1-7H3/t29-,33+,34-,35-,36+,37+,38-,39+,40+,41+,42-;21-,22+,23-,24-,25+,26+,27-,28+,32+,33+,34-/m11/s1. The van der Waals surface area contributed by atoms with Gasteiger partial charge in [0, 0.05) is 37.2 Å². The lowest BCUT2D eigenvalue weighted by atomic mass is 9.43. The van der Waals surface area contributed by atoms with Crippen LogP contribution in [0.4, 0.5) is 0 Å². The molecule has 8 saturated carbocycles. The fourth-order valence-electron chi connectivity index (χ4n) is 21.7. The van der Waals surface area contributed by atoms with E-state index in [-0.39, 0.29) is 88.0 Å². The van der Waals surface area contributed by atoms with E-state index in [2.05, 4.69) is 139 Å². The maximum atomic E-state index is 12.9. The number of carbonyl (C=O) groups is 3. The van der Waals surface area contributed by atoms with E-state index in [1.165, 1.54) is 19.3 Å². The smallest absolute Gasteiger partial charge is 0.305 e. The lowest BCUT2D eigenvalue weighted by Crippen LogP contribution is -2.63. The molecule has 0 spiro atoms. The van der Waals surface area contributed by atoms with E-state index in [9.17, 15) is 29.7 Å². The Morgan fingerprint density at radius 3 is 1.59 bits per heavy atom. The molecule has 10 heteroatoms. The summed E-state index contributed by atoms with van der Waals surface area (Å²) in [5, 5.41) is 34.2. The Bertz CT molecular complexity index is 2640. The van der Waals surface area contributed by atoms with Gasteiger partial charge in [-0.1, -0.05) is 179 Å². The Balaban J connectivity index is 0.000000195. The van der Waals surface area contributed by atoms with Crippen LogP contribution in [0.3, 0.4) is 0 Å². The van der Waals surface area contributed by atoms with Gasteiger partial charge in [0.15, 0.2) is 0 Å². The molecule has 8 aliphatic rings. The molecule has 480 valence electrons. The van der Waals surface area contributed by atoms with Crippen molar-refractivity contribution in [1.29, 1.82) is 0 Å². The predicted molar refractivity (Wildman–Crippen MR) is 343 cm³/mol. The number of benzene rings is 3. The first-order chi connectivity index (χ1) is 41.7. The van der Waals surface area contributed by atoms with Crippen LogP contribution in [-0.4, -0.2) is 76.5 Å². The molecule has 0 aromatic heterocycles. The average molecular weight is 1200 g/mol. The molecule has 11 rings (SSSR count). The Morgan fingerprint density at radius 2 is 1.02 bits per heavy atom.